The molecule has 0 bridgehead atoms. The molecule has 3 rings (SSSR count). The van der Waals surface area contributed by atoms with E-state index in [0.29, 0.717) is 5.75 Å². The fraction of sp³-hybridized carbons (Fsp3) is 0.286. The van der Waals surface area contributed by atoms with Gasteiger partial charge in [-0.3, -0.25) is 4.79 Å². The molecule has 26 heavy (non-hydrogen) atoms. The van der Waals surface area contributed by atoms with Crippen molar-refractivity contribution in [3.05, 3.63) is 64.7 Å². The molecule has 5 heteroatoms. The van der Waals surface area contributed by atoms with Gasteiger partial charge in [0.1, 0.15) is 0 Å². The molecule has 0 radical (unpaired) electrons. The van der Waals surface area contributed by atoms with E-state index in [1.165, 1.54) is 22.9 Å². The van der Waals surface area contributed by atoms with Gasteiger partial charge in [-0.15, -0.1) is 10.2 Å². The van der Waals surface area contributed by atoms with Crippen molar-refractivity contribution < 1.29 is 4.79 Å². The molecule has 2 aromatic carbocycles. The highest BCUT2D eigenvalue weighted by atomic mass is 32.2. The minimum absolute atomic E-state index is 0.112. The van der Waals surface area contributed by atoms with Crippen LogP contribution in [-0.2, 0) is 6.54 Å². The van der Waals surface area contributed by atoms with Crippen LogP contribution in [0.4, 0.5) is 0 Å². The van der Waals surface area contributed by atoms with E-state index >= 15 is 0 Å². The van der Waals surface area contributed by atoms with E-state index in [2.05, 4.69) is 47.7 Å². The van der Waals surface area contributed by atoms with Gasteiger partial charge in [-0.1, -0.05) is 47.7 Å². The molecule has 0 saturated carbocycles. The first-order chi connectivity index (χ1) is 12.5. The molecule has 0 spiro atoms. The predicted molar refractivity (Wildman–Crippen MR) is 107 cm³/mol. The van der Waals surface area contributed by atoms with E-state index in [0.717, 1.165) is 34.2 Å². The van der Waals surface area contributed by atoms with Gasteiger partial charge in [-0.25, -0.2) is 0 Å². The number of thioether (sulfide) groups is 1. The maximum atomic E-state index is 12.5. The molecule has 3 aromatic rings. The zero-order valence-corrected chi connectivity index (χ0v) is 16.4. The standard InChI is InChI=1S/C21H23N3OS/c1-5-24-20(18-8-6-7-14(2)11-18)22-23-21(24)26-13-19(25)17-10-9-15(3)16(4)12-17/h6-12H,5,13H2,1-4H3. The zero-order chi connectivity index (χ0) is 18.7. The topological polar surface area (TPSA) is 47.8 Å². The number of Topliss-reactive ketones (excluding diaryl/α,β-unsaturated/α-hetero) is 1. The van der Waals surface area contributed by atoms with Gasteiger partial charge < -0.3 is 4.57 Å². The van der Waals surface area contributed by atoms with Gasteiger partial charge >= 0.3 is 0 Å². The molecule has 0 atom stereocenters. The number of carbonyl (C=O) groups excluding carboxylic acids is 1. The van der Waals surface area contributed by atoms with Crippen LogP contribution in [-0.4, -0.2) is 26.3 Å². The van der Waals surface area contributed by atoms with Crippen molar-refractivity contribution in [2.24, 2.45) is 0 Å². The van der Waals surface area contributed by atoms with E-state index in [1.807, 2.05) is 37.3 Å². The summed E-state index contributed by atoms with van der Waals surface area (Å²) in [6.45, 7) is 8.97. The summed E-state index contributed by atoms with van der Waals surface area (Å²) in [5.41, 5.74) is 5.32. The highest BCUT2D eigenvalue weighted by Gasteiger charge is 2.15. The summed E-state index contributed by atoms with van der Waals surface area (Å²) in [7, 11) is 0. The van der Waals surface area contributed by atoms with Crippen LogP contribution < -0.4 is 0 Å². The van der Waals surface area contributed by atoms with Crippen molar-refractivity contribution in [2.45, 2.75) is 39.4 Å². The number of aromatic nitrogens is 3. The lowest BCUT2D eigenvalue weighted by Crippen LogP contribution is -2.05. The highest BCUT2D eigenvalue weighted by Crippen LogP contribution is 2.25. The van der Waals surface area contributed by atoms with E-state index in [4.69, 9.17) is 0 Å². The predicted octanol–water partition coefficient (Wildman–Crippen LogP) is 4.87. The number of rotatable bonds is 6. The Morgan fingerprint density at radius 3 is 2.54 bits per heavy atom. The third-order valence-corrected chi connectivity index (χ3v) is 5.44. The summed E-state index contributed by atoms with van der Waals surface area (Å²) in [5.74, 6) is 1.31. The third-order valence-electron chi connectivity index (χ3n) is 4.47. The molecule has 0 aliphatic heterocycles. The number of aryl methyl sites for hydroxylation is 3. The number of hydrogen-bond acceptors (Lipinski definition) is 4. The van der Waals surface area contributed by atoms with Gasteiger partial charge in [-0.05, 0) is 51.0 Å². The summed E-state index contributed by atoms with van der Waals surface area (Å²) in [6, 6.07) is 14.1. The van der Waals surface area contributed by atoms with E-state index in [1.54, 1.807) is 0 Å². The first-order valence-electron chi connectivity index (χ1n) is 8.73. The Labute approximate surface area is 158 Å². The molecule has 134 valence electrons. The van der Waals surface area contributed by atoms with Crippen LogP contribution >= 0.6 is 11.8 Å². The van der Waals surface area contributed by atoms with Crippen LogP contribution in [0.15, 0.2) is 47.6 Å². The van der Waals surface area contributed by atoms with Gasteiger partial charge in [0.2, 0.25) is 0 Å². The second kappa shape index (κ2) is 7.87. The molecule has 0 aliphatic rings. The Balaban J connectivity index is 1.78. The fourth-order valence-electron chi connectivity index (χ4n) is 2.81. The van der Waals surface area contributed by atoms with E-state index in [-0.39, 0.29) is 5.78 Å². The highest BCUT2D eigenvalue weighted by molar-refractivity contribution is 7.99. The number of hydrogen-bond donors (Lipinski definition) is 0. The molecule has 0 amide bonds. The quantitative estimate of drug-likeness (QED) is 0.462. The second-order valence-electron chi connectivity index (χ2n) is 6.43. The van der Waals surface area contributed by atoms with Crippen LogP contribution in [0.2, 0.25) is 0 Å². The smallest absolute Gasteiger partial charge is 0.191 e. The molecule has 0 unspecified atom stereocenters. The van der Waals surface area contributed by atoms with E-state index < -0.39 is 0 Å². The summed E-state index contributed by atoms with van der Waals surface area (Å²) in [6.07, 6.45) is 0. The van der Waals surface area contributed by atoms with Gasteiger partial charge in [0, 0.05) is 17.7 Å². The zero-order valence-electron chi connectivity index (χ0n) is 15.6. The fourth-order valence-corrected chi connectivity index (χ4v) is 3.70. The number of ketones is 1. The molecule has 0 fully saturated rings. The largest absolute Gasteiger partial charge is 0.302 e. The molecule has 1 heterocycles. The van der Waals surface area contributed by atoms with Crippen LogP contribution in [0.25, 0.3) is 11.4 Å². The Bertz CT molecular complexity index is 946. The Morgan fingerprint density at radius 2 is 1.85 bits per heavy atom. The molecule has 1 aromatic heterocycles. The summed E-state index contributed by atoms with van der Waals surface area (Å²) >= 11 is 1.44. The lowest BCUT2D eigenvalue weighted by Gasteiger charge is -2.08. The normalized spacial score (nSPS) is 10.9. The third kappa shape index (κ3) is 3.88. The van der Waals surface area contributed by atoms with Crippen LogP contribution in [0.5, 0.6) is 0 Å². The summed E-state index contributed by atoms with van der Waals surface area (Å²) < 4.78 is 2.06. The minimum Gasteiger partial charge on any atom is -0.302 e. The van der Waals surface area contributed by atoms with Crippen molar-refractivity contribution in [1.82, 2.24) is 14.8 Å². The van der Waals surface area contributed by atoms with Gasteiger partial charge in [-0.2, -0.15) is 0 Å². The SMILES string of the molecule is CCn1c(SCC(=O)c2ccc(C)c(C)c2)nnc1-c1cccc(C)c1. The van der Waals surface area contributed by atoms with Crippen molar-refractivity contribution in [3.63, 3.8) is 0 Å². The van der Waals surface area contributed by atoms with Crippen molar-refractivity contribution >= 4 is 17.5 Å². The summed E-state index contributed by atoms with van der Waals surface area (Å²) in [5, 5.41) is 9.45. The average molecular weight is 366 g/mol. The van der Waals surface area contributed by atoms with Crippen LogP contribution in [0.3, 0.4) is 0 Å². The van der Waals surface area contributed by atoms with Crippen LogP contribution in [0, 0.1) is 20.8 Å². The summed E-state index contributed by atoms with van der Waals surface area (Å²) in [4.78, 5) is 12.5. The van der Waals surface area contributed by atoms with Gasteiger partial charge in [0.05, 0.1) is 5.75 Å². The molecule has 4 nitrogen and oxygen atoms in total. The Morgan fingerprint density at radius 1 is 1.04 bits per heavy atom. The van der Waals surface area contributed by atoms with Crippen molar-refractivity contribution in [1.29, 1.82) is 0 Å². The monoisotopic (exact) mass is 365 g/mol. The van der Waals surface area contributed by atoms with Crippen molar-refractivity contribution in [3.8, 4) is 11.4 Å². The number of carbonyl (C=O) groups is 1. The number of benzene rings is 2. The molecule has 0 aliphatic carbocycles. The lowest BCUT2D eigenvalue weighted by molar-refractivity contribution is 0.102. The number of nitrogens with zero attached hydrogens (tertiary/aromatic N) is 3. The van der Waals surface area contributed by atoms with E-state index in [9.17, 15) is 4.79 Å². The van der Waals surface area contributed by atoms with Crippen LogP contribution in [0.1, 0.15) is 34.0 Å². The molecular weight excluding hydrogens is 342 g/mol. The molecule has 0 N–H and O–H groups in total. The van der Waals surface area contributed by atoms with Crippen molar-refractivity contribution in [2.75, 3.05) is 5.75 Å². The second-order valence-corrected chi connectivity index (χ2v) is 7.37. The van der Waals surface area contributed by atoms with Gasteiger partial charge in [0.25, 0.3) is 0 Å². The molecular formula is C21H23N3OS. The minimum atomic E-state index is 0.112. The average Bonchev–Trinajstić information content (AvgIpc) is 3.05. The first kappa shape index (κ1) is 18.4. The van der Waals surface area contributed by atoms with Gasteiger partial charge in [0.15, 0.2) is 16.8 Å². The molecule has 0 saturated heterocycles. The lowest BCUT2D eigenvalue weighted by atomic mass is 10.0. The maximum Gasteiger partial charge on any atom is 0.191 e. The first-order valence-corrected chi connectivity index (χ1v) is 9.71. The maximum absolute atomic E-state index is 12.5. The Hall–Kier alpha value is -2.40. The Kier molecular flexibility index (Phi) is 5.57.